The molecular weight excluding hydrogens is 292 g/mol. The zero-order valence-corrected chi connectivity index (χ0v) is 12.2. The van der Waals surface area contributed by atoms with Crippen LogP contribution < -0.4 is 5.73 Å². The van der Waals surface area contributed by atoms with Crippen LogP contribution in [-0.4, -0.2) is 37.3 Å². The predicted octanol–water partition coefficient (Wildman–Crippen LogP) is 2.05. The van der Waals surface area contributed by atoms with Crippen molar-refractivity contribution in [2.45, 2.75) is 11.3 Å². The molecule has 0 aromatic heterocycles. The van der Waals surface area contributed by atoms with Crippen LogP contribution in [0.25, 0.3) is 0 Å². The highest BCUT2D eigenvalue weighted by molar-refractivity contribution is 7.99. The summed E-state index contributed by atoms with van der Waals surface area (Å²) in [5, 5.41) is 0.223. The molecular formula is C11H15ClN2O2S2. The number of benzene rings is 1. The van der Waals surface area contributed by atoms with Gasteiger partial charge in [0.05, 0.1) is 5.02 Å². The second-order valence-corrected chi connectivity index (χ2v) is 7.60. The fraction of sp³-hybridized carbons (Fsp3) is 0.455. The summed E-state index contributed by atoms with van der Waals surface area (Å²) in [6.07, 6.45) is 0.865. The molecule has 0 atom stereocenters. The van der Waals surface area contributed by atoms with Gasteiger partial charge in [0.1, 0.15) is 4.90 Å². The van der Waals surface area contributed by atoms with Gasteiger partial charge in [-0.25, -0.2) is 8.42 Å². The van der Waals surface area contributed by atoms with Crippen LogP contribution >= 0.6 is 23.4 Å². The van der Waals surface area contributed by atoms with Gasteiger partial charge >= 0.3 is 0 Å². The van der Waals surface area contributed by atoms with Crippen LogP contribution in [0.4, 0.5) is 5.69 Å². The lowest BCUT2D eigenvalue weighted by Gasteiger charge is -2.20. The first-order valence-corrected chi connectivity index (χ1v) is 8.62. The Labute approximate surface area is 117 Å². The van der Waals surface area contributed by atoms with Gasteiger partial charge in [-0.15, -0.1) is 0 Å². The molecule has 1 heterocycles. The summed E-state index contributed by atoms with van der Waals surface area (Å²) in [5.74, 6) is 1.82. The van der Waals surface area contributed by atoms with Crippen LogP contribution in [0.5, 0.6) is 0 Å². The summed E-state index contributed by atoms with van der Waals surface area (Å²) in [6.45, 7) is 1.07. The number of nitrogens with zero attached hydrogens (tertiary/aromatic N) is 1. The van der Waals surface area contributed by atoms with Crippen molar-refractivity contribution in [3.63, 3.8) is 0 Å². The molecule has 0 spiro atoms. The fourth-order valence-corrected chi connectivity index (χ4v) is 4.81. The van der Waals surface area contributed by atoms with E-state index in [2.05, 4.69) is 0 Å². The number of rotatable bonds is 2. The van der Waals surface area contributed by atoms with Gasteiger partial charge < -0.3 is 5.73 Å². The second kappa shape index (κ2) is 5.69. The van der Waals surface area contributed by atoms with Crippen LogP contribution in [0, 0.1) is 0 Å². The van der Waals surface area contributed by atoms with Gasteiger partial charge in [0.15, 0.2) is 0 Å². The number of hydrogen-bond donors (Lipinski definition) is 1. The van der Waals surface area contributed by atoms with Crippen LogP contribution in [0.3, 0.4) is 0 Å². The maximum absolute atomic E-state index is 12.5. The van der Waals surface area contributed by atoms with E-state index in [0.29, 0.717) is 18.8 Å². The third-order valence-corrected chi connectivity index (χ3v) is 6.18. The van der Waals surface area contributed by atoms with Gasteiger partial charge in [-0.05, 0) is 30.4 Å². The van der Waals surface area contributed by atoms with Crippen molar-refractivity contribution in [2.24, 2.45) is 0 Å². The number of halogens is 1. The van der Waals surface area contributed by atoms with Crippen LogP contribution in [0.15, 0.2) is 23.1 Å². The van der Waals surface area contributed by atoms with E-state index in [1.807, 2.05) is 0 Å². The highest BCUT2D eigenvalue weighted by atomic mass is 35.5. The summed E-state index contributed by atoms with van der Waals surface area (Å²) >= 11 is 7.75. The van der Waals surface area contributed by atoms with Crippen molar-refractivity contribution in [1.82, 2.24) is 4.31 Å². The highest BCUT2D eigenvalue weighted by Crippen LogP contribution is 2.27. The average molecular weight is 307 g/mol. The molecule has 2 N–H and O–H groups in total. The molecule has 0 saturated carbocycles. The van der Waals surface area contributed by atoms with Gasteiger partial charge in [-0.1, -0.05) is 11.6 Å². The third-order valence-electron chi connectivity index (χ3n) is 2.75. The van der Waals surface area contributed by atoms with E-state index < -0.39 is 10.0 Å². The summed E-state index contributed by atoms with van der Waals surface area (Å²) in [6, 6.07) is 4.55. The Hall–Kier alpha value is -0.430. The number of sulfonamides is 1. The van der Waals surface area contributed by atoms with E-state index in [0.717, 1.165) is 17.9 Å². The van der Waals surface area contributed by atoms with Crippen molar-refractivity contribution in [1.29, 1.82) is 0 Å². The third kappa shape index (κ3) is 2.93. The molecule has 0 radical (unpaired) electrons. The van der Waals surface area contributed by atoms with E-state index in [9.17, 15) is 8.42 Å². The molecule has 7 heteroatoms. The molecule has 1 aliphatic heterocycles. The van der Waals surface area contributed by atoms with Crippen LogP contribution in [0.2, 0.25) is 5.02 Å². The van der Waals surface area contributed by atoms with Crippen molar-refractivity contribution in [2.75, 3.05) is 30.3 Å². The molecule has 18 heavy (non-hydrogen) atoms. The second-order valence-electron chi connectivity index (χ2n) is 4.06. The number of anilines is 1. The Morgan fingerprint density at radius 3 is 2.83 bits per heavy atom. The van der Waals surface area contributed by atoms with E-state index in [4.69, 9.17) is 17.3 Å². The highest BCUT2D eigenvalue weighted by Gasteiger charge is 2.27. The Morgan fingerprint density at radius 2 is 2.06 bits per heavy atom. The molecule has 0 amide bonds. The smallest absolute Gasteiger partial charge is 0.244 e. The Kier molecular flexibility index (Phi) is 4.42. The Balaban J connectivity index is 2.37. The topological polar surface area (TPSA) is 63.4 Å². The predicted molar refractivity (Wildman–Crippen MR) is 76.6 cm³/mol. The van der Waals surface area contributed by atoms with Gasteiger partial charge in [0.25, 0.3) is 0 Å². The number of nitrogen functional groups attached to an aromatic ring is 1. The van der Waals surface area contributed by atoms with E-state index in [1.165, 1.54) is 16.4 Å². The monoisotopic (exact) mass is 306 g/mol. The largest absolute Gasteiger partial charge is 0.399 e. The number of thioether (sulfide) groups is 1. The number of nitrogens with two attached hydrogens (primary N) is 1. The first-order valence-electron chi connectivity index (χ1n) is 5.65. The van der Waals surface area contributed by atoms with E-state index in [1.54, 1.807) is 17.8 Å². The zero-order chi connectivity index (χ0) is 13.2. The molecule has 2 rings (SSSR count). The van der Waals surface area contributed by atoms with Gasteiger partial charge in [0, 0.05) is 24.5 Å². The molecule has 0 unspecified atom stereocenters. The van der Waals surface area contributed by atoms with E-state index in [-0.39, 0.29) is 9.92 Å². The molecule has 1 aliphatic rings. The molecule has 0 bridgehead atoms. The minimum atomic E-state index is -3.53. The van der Waals surface area contributed by atoms with Crippen molar-refractivity contribution in [3.05, 3.63) is 23.2 Å². The minimum absolute atomic E-state index is 0.107. The molecule has 4 nitrogen and oxygen atoms in total. The molecule has 1 aromatic carbocycles. The molecule has 1 fully saturated rings. The van der Waals surface area contributed by atoms with Crippen LogP contribution in [0.1, 0.15) is 6.42 Å². The van der Waals surface area contributed by atoms with E-state index >= 15 is 0 Å². The molecule has 100 valence electrons. The minimum Gasteiger partial charge on any atom is -0.399 e. The SMILES string of the molecule is Nc1ccc(Cl)c(S(=O)(=O)N2CCCSCC2)c1. The Bertz CT molecular complexity index is 526. The van der Waals surface area contributed by atoms with Gasteiger partial charge in [-0.3, -0.25) is 0 Å². The molecule has 1 aromatic rings. The quantitative estimate of drug-likeness (QED) is 0.849. The zero-order valence-electron chi connectivity index (χ0n) is 9.80. The van der Waals surface area contributed by atoms with Crippen LogP contribution in [-0.2, 0) is 10.0 Å². The summed E-state index contributed by atoms with van der Waals surface area (Å²) in [4.78, 5) is 0.107. The standard InChI is InChI=1S/C11H15ClN2O2S2/c12-10-3-2-9(13)8-11(10)18(15,16)14-4-1-6-17-7-5-14/h2-3,8H,1,4-7,13H2. The molecule has 1 saturated heterocycles. The van der Waals surface area contributed by atoms with Gasteiger partial charge in [-0.2, -0.15) is 16.1 Å². The van der Waals surface area contributed by atoms with Crippen molar-refractivity contribution in [3.8, 4) is 0 Å². The summed E-state index contributed by atoms with van der Waals surface area (Å²) in [7, 11) is -3.53. The van der Waals surface area contributed by atoms with Gasteiger partial charge in [0.2, 0.25) is 10.0 Å². The lowest BCUT2D eigenvalue weighted by Crippen LogP contribution is -2.33. The maximum atomic E-state index is 12.5. The first kappa shape index (κ1) is 14.0. The average Bonchev–Trinajstić information content (AvgIpc) is 2.61. The number of hydrogen-bond acceptors (Lipinski definition) is 4. The fourth-order valence-electron chi connectivity index (χ4n) is 1.82. The lowest BCUT2D eigenvalue weighted by atomic mass is 10.3. The molecule has 0 aliphatic carbocycles. The van der Waals surface area contributed by atoms with Crippen molar-refractivity contribution >= 4 is 39.1 Å². The first-order chi connectivity index (χ1) is 8.51. The lowest BCUT2D eigenvalue weighted by molar-refractivity contribution is 0.435. The Morgan fingerprint density at radius 1 is 1.28 bits per heavy atom. The normalized spacial score (nSPS) is 18.5. The summed E-state index contributed by atoms with van der Waals surface area (Å²) in [5.41, 5.74) is 6.04. The summed E-state index contributed by atoms with van der Waals surface area (Å²) < 4.78 is 26.5. The van der Waals surface area contributed by atoms with Crippen molar-refractivity contribution < 1.29 is 8.42 Å². The maximum Gasteiger partial charge on any atom is 0.244 e.